The summed E-state index contributed by atoms with van der Waals surface area (Å²) in [4.78, 5) is 7.48. The van der Waals surface area contributed by atoms with Gasteiger partial charge in [-0.25, -0.2) is 13.4 Å². The van der Waals surface area contributed by atoms with Crippen molar-refractivity contribution in [1.82, 2.24) is 9.97 Å². The fraction of sp³-hybridized carbons (Fsp3) is 0.0909. The summed E-state index contributed by atoms with van der Waals surface area (Å²) in [5.74, 6) is -0.00812. The van der Waals surface area contributed by atoms with Crippen molar-refractivity contribution in [3.8, 4) is 0 Å². The summed E-state index contributed by atoms with van der Waals surface area (Å²) in [5, 5.41) is -0.110. The second-order valence-corrected chi connectivity index (χ2v) is 6.35. The monoisotopic (exact) mass is 332 g/mol. The Balaban J connectivity index is 2.40. The molecule has 0 fully saturated rings. The van der Waals surface area contributed by atoms with Crippen LogP contribution >= 0.6 is 23.2 Å². The second-order valence-electron chi connectivity index (χ2n) is 3.98. The predicted octanol–water partition coefficient (Wildman–Crippen LogP) is 2.47. The maximum absolute atomic E-state index is 12.3. The van der Waals surface area contributed by atoms with Crippen LogP contribution in [0.5, 0.6) is 0 Å². The molecule has 0 saturated heterocycles. The summed E-state index contributed by atoms with van der Waals surface area (Å²) in [6, 6.07) is 5.74. The van der Waals surface area contributed by atoms with Crippen molar-refractivity contribution in [2.75, 3.05) is 10.5 Å². The average Bonchev–Trinajstić information content (AvgIpc) is 2.25. The smallest absolute Gasteiger partial charge is 0.263 e. The lowest BCUT2D eigenvalue weighted by Crippen LogP contribution is -2.15. The molecule has 0 unspecified atom stereocenters. The van der Waals surface area contributed by atoms with Crippen LogP contribution in [-0.4, -0.2) is 18.4 Å². The lowest BCUT2D eigenvalue weighted by Gasteiger charge is -2.10. The van der Waals surface area contributed by atoms with Gasteiger partial charge in [0.2, 0.25) is 5.28 Å². The molecule has 106 valence electrons. The van der Waals surface area contributed by atoms with E-state index in [-0.39, 0.29) is 21.2 Å². The highest BCUT2D eigenvalue weighted by Crippen LogP contribution is 2.22. The summed E-state index contributed by atoms with van der Waals surface area (Å²) < 4.78 is 26.8. The van der Waals surface area contributed by atoms with Crippen LogP contribution in [0.3, 0.4) is 0 Å². The second kappa shape index (κ2) is 5.43. The van der Waals surface area contributed by atoms with Crippen LogP contribution in [0.2, 0.25) is 10.4 Å². The van der Waals surface area contributed by atoms with Gasteiger partial charge in [0, 0.05) is 11.8 Å². The first-order chi connectivity index (χ1) is 9.28. The zero-order valence-electron chi connectivity index (χ0n) is 10.3. The first kappa shape index (κ1) is 14.8. The number of benzene rings is 1. The van der Waals surface area contributed by atoms with Gasteiger partial charge in [-0.1, -0.05) is 11.6 Å². The van der Waals surface area contributed by atoms with E-state index >= 15 is 0 Å². The Bertz CT molecular complexity index is 745. The maximum atomic E-state index is 12.3. The van der Waals surface area contributed by atoms with Crippen molar-refractivity contribution in [3.05, 3.63) is 40.3 Å². The largest absolute Gasteiger partial charge is 0.399 e. The van der Waals surface area contributed by atoms with E-state index < -0.39 is 10.0 Å². The SMILES string of the molecule is Cc1cc(N)ccc1S(=O)(=O)Nc1cc(Cl)nc(Cl)n1. The highest BCUT2D eigenvalue weighted by atomic mass is 35.5. The Labute approximate surface area is 126 Å². The van der Waals surface area contributed by atoms with Crippen LogP contribution in [0.15, 0.2) is 29.2 Å². The Morgan fingerprint density at radius 2 is 1.90 bits per heavy atom. The molecule has 1 aromatic carbocycles. The van der Waals surface area contributed by atoms with E-state index in [1.807, 2.05) is 0 Å². The molecule has 6 nitrogen and oxygen atoms in total. The number of nitrogens with zero attached hydrogens (tertiary/aromatic N) is 2. The molecule has 0 amide bonds. The van der Waals surface area contributed by atoms with Crippen LogP contribution in [0.1, 0.15) is 5.56 Å². The minimum atomic E-state index is -3.81. The normalized spacial score (nSPS) is 11.3. The molecule has 9 heteroatoms. The third-order valence-corrected chi connectivity index (χ3v) is 4.27. The first-order valence-electron chi connectivity index (χ1n) is 5.37. The van der Waals surface area contributed by atoms with Gasteiger partial charge in [0.25, 0.3) is 10.0 Å². The van der Waals surface area contributed by atoms with Crippen molar-refractivity contribution in [3.63, 3.8) is 0 Å². The summed E-state index contributed by atoms with van der Waals surface area (Å²) in [7, 11) is -3.81. The molecule has 0 spiro atoms. The Hall–Kier alpha value is -1.57. The standard InChI is InChI=1S/C11H10Cl2N4O2S/c1-6-4-7(14)2-3-8(6)20(18,19)17-10-5-9(12)15-11(13)16-10/h2-5H,14H2,1H3,(H,15,16,17). The maximum Gasteiger partial charge on any atom is 0.263 e. The number of hydrogen-bond acceptors (Lipinski definition) is 5. The Kier molecular flexibility index (Phi) is 4.03. The first-order valence-corrected chi connectivity index (χ1v) is 7.61. The number of sulfonamides is 1. The van der Waals surface area contributed by atoms with Crippen LogP contribution in [0.4, 0.5) is 11.5 Å². The zero-order valence-corrected chi connectivity index (χ0v) is 12.6. The number of rotatable bonds is 3. The number of anilines is 2. The van der Waals surface area contributed by atoms with Crippen molar-refractivity contribution >= 4 is 44.7 Å². The van der Waals surface area contributed by atoms with E-state index in [9.17, 15) is 8.42 Å². The van der Waals surface area contributed by atoms with E-state index in [0.29, 0.717) is 11.3 Å². The average molecular weight is 333 g/mol. The Morgan fingerprint density at radius 3 is 2.50 bits per heavy atom. The third kappa shape index (κ3) is 3.30. The summed E-state index contributed by atoms with van der Waals surface area (Å²) in [5.41, 5.74) is 6.59. The summed E-state index contributed by atoms with van der Waals surface area (Å²) in [6.07, 6.45) is 0. The molecular weight excluding hydrogens is 323 g/mol. The van der Waals surface area contributed by atoms with E-state index in [1.165, 1.54) is 18.2 Å². The van der Waals surface area contributed by atoms with Gasteiger partial charge < -0.3 is 5.73 Å². The molecular formula is C11H10Cl2N4O2S. The number of aromatic nitrogens is 2. The lowest BCUT2D eigenvalue weighted by molar-refractivity contribution is 0.600. The highest BCUT2D eigenvalue weighted by Gasteiger charge is 2.18. The van der Waals surface area contributed by atoms with Crippen LogP contribution in [0.25, 0.3) is 0 Å². The van der Waals surface area contributed by atoms with Crippen LogP contribution in [0, 0.1) is 6.92 Å². The van der Waals surface area contributed by atoms with E-state index in [1.54, 1.807) is 13.0 Å². The third-order valence-electron chi connectivity index (χ3n) is 2.40. The highest BCUT2D eigenvalue weighted by molar-refractivity contribution is 7.92. The number of hydrogen-bond donors (Lipinski definition) is 2. The van der Waals surface area contributed by atoms with Gasteiger partial charge in [0.1, 0.15) is 11.0 Å². The molecule has 0 aliphatic heterocycles. The quantitative estimate of drug-likeness (QED) is 0.511. The van der Waals surface area contributed by atoms with Crippen molar-refractivity contribution < 1.29 is 8.42 Å². The molecule has 0 bridgehead atoms. The fourth-order valence-electron chi connectivity index (χ4n) is 1.61. The van der Waals surface area contributed by atoms with Gasteiger partial charge in [-0.2, -0.15) is 4.98 Å². The van der Waals surface area contributed by atoms with Gasteiger partial charge in [0.05, 0.1) is 4.90 Å². The van der Waals surface area contributed by atoms with Gasteiger partial charge >= 0.3 is 0 Å². The van der Waals surface area contributed by atoms with Crippen LogP contribution in [-0.2, 0) is 10.0 Å². The van der Waals surface area contributed by atoms with E-state index in [4.69, 9.17) is 28.9 Å². The minimum Gasteiger partial charge on any atom is -0.399 e. The lowest BCUT2D eigenvalue weighted by atomic mass is 10.2. The van der Waals surface area contributed by atoms with Crippen molar-refractivity contribution in [2.45, 2.75) is 11.8 Å². The van der Waals surface area contributed by atoms with Gasteiger partial charge in [0.15, 0.2) is 0 Å². The number of nitrogens with two attached hydrogens (primary N) is 1. The molecule has 0 atom stereocenters. The molecule has 0 saturated carbocycles. The number of aryl methyl sites for hydroxylation is 1. The van der Waals surface area contributed by atoms with Crippen molar-refractivity contribution in [2.24, 2.45) is 0 Å². The molecule has 0 aliphatic carbocycles. The van der Waals surface area contributed by atoms with Crippen LogP contribution < -0.4 is 10.5 Å². The van der Waals surface area contributed by atoms with E-state index in [2.05, 4.69) is 14.7 Å². The molecule has 1 heterocycles. The predicted molar refractivity (Wildman–Crippen MR) is 78.5 cm³/mol. The van der Waals surface area contributed by atoms with Crippen molar-refractivity contribution in [1.29, 1.82) is 0 Å². The molecule has 0 aliphatic rings. The molecule has 1 aromatic heterocycles. The molecule has 20 heavy (non-hydrogen) atoms. The van der Waals surface area contributed by atoms with E-state index in [0.717, 1.165) is 0 Å². The molecule has 2 aromatic rings. The Morgan fingerprint density at radius 1 is 1.20 bits per heavy atom. The number of halogens is 2. The van der Waals surface area contributed by atoms with Gasteiger partial charge in [-0.05, 0) is 42.3 Å². The summed E-state index contributed by atoms with van der Waals surface area (Å²) >= 11 is 11.3. The zero-order chi connectivity index (χ0) is 14.9. The summed E-state index contributed by atoms with van der Waals surface area (Å²) in [6.45, 7) is 1.64. The molecule has 2 rings (SSSR count). The minimum absolute atomic E-state index is 0.00812. The van der Waals surface area contributed by atoms with Gasteiger partial charge in [-0.3, -0.25) is 4.72 Å². The fourth-order valence-corrected chi connectivity index (χ4v) is 3.24. The molecule has 3 N–H and O–H groups in total. The number of nitrogens with one attached hydrogen (secondary N) is 1. The van der Waals surface area contributed by atoms with Gasteiger partial charge in [-0.15, -0.1) is 0 Å². The topological polar surface area (TPSA) is 98.0 Å². The number of nitrogen functional groups attached to an aromatic ring is 1. The molecule has 0 radical (unpaired) electrons.